The first-order valence-corrected chi connectivity index (χ1v) is 8.53. The molecule has 2 rings (SSSR count). The molecule has 0 atom stereocenters. The van der Waals surface area contributed by atoms with Crippen molar-refractivity contribution in [3.63, 3.8) is 0 Å². The molecule has 0 aliphatic rings. The average molecular weight is 356 g/mol. The molecule has 0 saturated heterocycles. The van der Waals surface area contributed by atoms with Crippen LogP contribution in [0.2, 0.25) is 0 Å². The van der Waals surface area contributed by atoms with Gasteiger partial charge >= 0.3 is 0 Å². The van der Waals surface area contributed by atoms with E-state index >= 15 is 0 Å². The summed E-state index contributed by atoms with van der Waals surface area (Å²) in [5.74, 6) is 1.77. The predicted octanol–water partition coefficient (Wildman–Crippen LogP) is 3.40. The second kappa shape index (κ2) is 10.8. The Morgan fingerprint density at radius 2 is 1.81 bits per heavy atom. The lowest BCUT2D eigenvalue weighted by Crippen LogP contribution is -2.24. The van der Waals surface area contributed by atoms with Gasteiger partial charge in [0.15, 0.2) is 6.61 Å². The van der Waals surface area contributed by atoms with E-state index in [4.69, 9.17) is 14.2 Å². The highest BCUT2D eigenvalue weighted by Gasteiger charge is 2.02. The molecule has 0 saturated carbocycles. The van der Waals surface area contributed by atoms with E-state index in [2.05, 4.69) is 17.5 Å². The van der Waals surface area contributed by atoms with E-state index in [1.807, 2.05) is 36.4 Å². The number of nitrogens with one attached hydrogen (secondary N) is 1. The van der Waals surface area contributed by atoms with Gasteiger partial charge < -0.3 is 14.2 Å². The summed E-state index contributed by atoms with van der Waals surface area (Å²) in [6.07, 6.45) is 3.66. The number of ether oxygens (including phenoxy) is 3. The lowest BCUT2D eigenvalue weighted by atomic mass is 10.2. The minimum Gasteiger partial charge on any atom is -0.497 e. The van der Waals surface area contributed by atoms with Crippen molar-refractivity contribution in [3.8, 4) is 17.2 Å². The standard InChI is InChI=1S/C20H24N2O4/c1-3-4-12-25-17-8-10-18(11-9-17)26-15-20(23)22-21-14-16-6-5-7-19(13-16)24-2/h5-11,13-14H,3-4,12,15H2,1-2H3,(H,22,23). The van der Waals surface area contributed by atoms with Crippen molar-refractivity contribution in [2.24, 2.45) is 5.10 Å². The molecule has 1 N–H and O–H groups in total. The first kappa shape index (κ1) is 19.3. The van der Waals surface area contributed by atoms with Crippen molar-refractivity contribution in [2.75, 3.05) is 20.3 Å². The summed E-state index contributed by atoms with van der Waals surface area (Å²) in [4.78, 5) is 11.8. The number of nitrogens with zero attached hydrogens (tertiary/aromatic N) is 1. The summed E-state index contributed by atoms with van der Waals surface area (Å²) in [6.45, 7) is 2.70. The van der Waals surface area contributed by atoms with Gasteiger partial charge in [0.25, 0.3) is 5.91 Å². The number of benzene rings is 2. The Morgan fingerprint density at radius 3 is 2.50 bits per heavy atom. The smallest absolute Gasteiger partial charge is 0.277 e. The Labute approximate surface area is 153 Å². The van der Waals surface area contributed by atoms with E-state index in [9.17, 15) is 4.79 Å². The van der Waals surface area contributed by atoms with Gasteiger partial charge in [-0.05, 0) is 48.4 Å². The predicted molar refractivity (Wildman–Crippen MR) is 101 cm³/mol. The van der Waals surface area contributed by atoms with Crippen LogP contribution in [0.1, 0.15) is 25.3 Å². The van der Waals surface area contributed by atoms with Gasteiger partial charge in [0.2, 0.25) is 0 Å². The Morgan fingerprint density at radius 1 is 1.08 bits per heavy atom. The Bertz CT molecular complexity index is 714. The Kier molecular flexibility index (Phi) is 7.99. The van der Waals surface area contributed by atoms with Crippen molar-refractivity contribution in [3.05, 3.63) is 54.1 Å². The summed E-state index contributed by atoms with van der Waals surface area (Å²) >= 11 is 0. The molecular formula is C20H24N2O4. The van der Waals surface area contributed by atoms with Gasteiger partial charge in [0.05, 0.1) is 19.9 Å². The highest BCUT2D eigenvalue weighted by molar-refractivity contribution is 5.83. The van der Waals surface area contributed by atoms with Crippen LogP contribution in [0.15, 0.2) is 53.6 Å². The van der Waals surface area contributed by atoms with Crippen molar-refractivity contribution in [2.45, 2.75) is 19.8 Å². The van der Waals surface area contributed by atoms with Crippen LogP contribution in [0.5, 0.6) is 17.2 Å². The molecule has 2 aromatic rings. The molecule has 0 radical (unpaired) electrons. The fraction of sp³-hybridized carbons (Fsp3) is 0.300. The quantitative estimate of drug-likeness (QED) is 0.402. The summed E-state index contributed by atoms with van der Waals surface area (Å²) in [5.41, 5.74) is 3.25. The Hall–Kier alpha value is -3.02. The van der Waals surface area contributed by atoms with E-state index in [0.29, 0.717) is 12.4 Å². The number of carbonyl (C=O) groups excluding carboxylic acids is 1. The third kappa shape index (κ3) is 6.84. The maximum absolute atomic E-state index is 11.8. The molecule has 26 heavy (non-hydrogen) atoms. The van der Waals surface area contributed by atoms with Crippen LogP contribution >= 0.6 is 0 Å². The van der Waals surface area contributed by atoms with Crippen LogP contribution in [0.4, 0.5) is 0 Å². The van der Waals surface area contributed by atoms with Crippen molar-refractivity contribution < 1.29 is 19.0 Å². The molecule has 0 aliphatic carbocycles. The monoisotopic (exact) mass is 356 g/mol. The lowest BCUT2D eigenvalue weighted by Gasteiger charge is -2.07. The second-order valence-corrected chi connectivity index (χ2v) is 5.53. The van der Waals surface area contributed by atoms with Gasteiger partial charge in [-0.3, -0.25) is 4.79 Å². The molecule has 0 fully saturated rings. The minimum absolute atomic E-state index is 0.120. The normalized spacial score (nSPS) is 10.5. The number of rotatable bonds is 10. The van der Waals surface area contributed by atoms with Crippen molar-refractivity contribution >= 4 is 12.1 Å². The van der Waals surface area contributed by atoms with Gasteiger partial charge in [-0.2, -0.15) is 5.10 Å². The number of hydrogen-bond donors (Lipinski definition) is 1. The highest BCUT2D eigenvalue weighted by Crippen LogP contribution is 2.17. The maximum Gasteiger partial charge on any atom is 0.277 e. The molecule has 138 valence electrons. The van der Waals surface area contributed by atoms with Crippen LogP contribution in [0.25, 0.3) is 0 Å². The van der Waals surface area contributed by atoms with Crippen LogP contribution in [-0.4, -0.2) is 32.4 Å². The van der Waals surface area contributed by atoms with E-state index in [-0.39, 0.29) is 12.5 Å². The average Bonchev–Trinajstić information content (AvgIpc) is 2.68. The zero-order valence-corrected chi connectivity index (χ0v) is 15.1. The van der Waals surface area contributed by atoms with Crippen molar-refractivity contribution in [1.29, 1.82) is 0 Å². The Balaban J connectivity index is 1.73. The van der Waals surface area contributed by atoms with Gasteiger partial charge in [-0.25, -0.2) is 5.43 Å². The molecule has 0 bridgehead atoms. The van der Waals surface area contributed by atoms with E-state index in [1.54, 1.807) is 25.5 Å². The van der Waals surface area contributed by atoms with Crippen molar-refractivity contribution in [1.82, 2.24) is 5.43 Å². The van der Waals surface area contributed by atoms with Gasteiger partial charge in [0.1, 0.15) is 17.2 Å². The van der Waals surface area contributed by atoms with E-state index in [0.717, 1.165) is 29.9 Å². The molecule has 0 spiro atoms. The van der Waals surface area contributed by atoms with Gasteiger partial charge in [0, 0.05) is 0 Å². The first-order valence-electron chi connectivity index (χ1n) is 8.53. The largest absolute Gasteiger partial charge is 0.497 e. The second-order valence-electron chi connectivity index (χ2n) is 5.53. The SMILES string of the molecule is CCCCOc1ccc(OCC(=O)NN=Cc2cccc(OC)c2)cc1. The number of amides is 1. The van der Waals surface area contributed by atoms with Gasteiger partial charge in [-0.15, -0.1) is 0 Å². The van der Waals surface area contributed by atoms with Crippen LogP contribution < -0.4 is 19.6 Å². The zero-order chi connectivity index (χ0) is 18.6. The molecule has 0 heterocycles. The molecule has 0 aromatic heterocycles. The number of hydrazone groups is 1. The van der Waals surface area contributed by atoms with Crippen LogP contribution in [-0.2, 0) is 4.79 Å². The summed E-state index contributed by atoms with van der Waals surface area (Å²) < 4.78 is 16.1. The van der Waals surface area contributed by atoms with Crippen LogP contribution in [0, 0.1) is 0 Å². The molecule has 0 aliphatic heterocycles. The third-order valence-electron chi connectivity index (χ3n) is 3.46. The first-order chi connectivity index (χ1) is 12.7. The molecule has 1 amide bonds. The third-order valence-corrected chi connectivity index (χ3v) is 3.46. The van der Waals surface area contributed by atoms with Gasteiger partial charge in [-0.1, -0.05) is 25.5 Å². The number of unbranched alkanes of at least 4 members (excludes halogenated alkanes) is 1. The number of methoxy groups -OCH3 is 1. The fourth-order valence-electron chi connectivity index (χ4n) is 2.05. The molecule has 6 heteroatoms. The highest BCUT2D eigenvalue weighted by atomic mass is 16.5. The number of carbonyl (C=O) groups is 1. The molecular weight excluding hydrogens is 332 g/mol. The molecule has 0 unspecified atom stereocenters. The molecule has 2 aromatic carbocycles. The topological polar surface area (TPSA) is 69.2 Å². The fourth-order valence-corrected chi connectivity index (χ4v) is 2.05. The minimum atomic E-state index is -0.340. The maximum atomic E-state index is 11.8. The number of hydrogen-bond acceptors (Lipinski definition) is 5. The zero-order valence-electron chi connectivity index (χ0n) is 15.1. The van der Waals surface area contributed by atoms with Crippen LogP contribution in [0.3, 0.4) is 0 Å². The lowest BCUT2D eigenvalue weighted by molar-refractivity contribution is -0.123. The summed E-state index contributed by atoms with van der Waals surface area (Å²) in [6, 6.07) is 14.6. The summed E-state index contributed by atoms with van der Waals surface area (Å²) in [7, 11) is 1.60. The summed E-state index contributed by atoms with van der Waals surface area (Å²) in [5, 5.41) is 3.91. The molecule has 6 nitrogen and oxygen atoms in total. The van der Waals surface area contributed by atoms with E-state index < -0.39 is 0 Å². The van der Waals surface area contributed by atoms with E-state index in [1.165, 1.54) is 0 Å².